The monoisotopic (exact) mass is 489 g/mol. The Hall–Kier alpha value is -2.69. The number of nitrogens with one attached hydrogen (secondary N) is 1. The van der Waals surface area contributed by atoms with E-state index in [2.05, 4.69) is 12.2 Å². The minimum atomic E-state index is -3.71. The number of aryl methyl sites for hydroxylation is 1. The van der Waals surface area contributed by atoms with Crippen LogP contribution in [0.5, 0.6) is 5.75 Å². The number of benzene rings is 2. The number of nitrogens with zero attached hydrogens (tertiary/aromatic N) is 2. The predicted molar refractivity (Wildman–Crippen MR) is 130 cm³/mol. The van der Waals surface area contributed by atoms with Crippen LogP contribution >= 0.6 is 11.3 Å². The van der Waals surface area contributed by atoms with Crippen LogP contribution in [-0.4, -0.2) is 43.4 Å². The first-order valence-electron chi connectivity index (χ1n) is 10.9. The molecule has 4 rings (SSSR count). The number of fused-ring (bicyclic) bond motifs is 1. The number of sulfonamides is 1. The number of aromatic nitrogens is 1. The Morgan fingerprint density at radius 1 is 1.18 bits per heavy atom. The molecule has 8 nitrogen and oxygen atoms in total. The van der Waals surface area contributed by atoms with Gasteiger partial charge in [0.2, 0.25) is 10.0 Å². The van der Waals surface area contributed by atoms with Crippen LogP contribution in [0.3, 0.4) is 0 Å². The average molecular weight is 490 g/mol. The molecule has 0 unspecified atom stereocenters. The maximum Gasteiger partial charge on any atom is 0.308 e. The molecule has 176 valence electrons. The van der Waals surface area contributed by atoms with Crippen LogP contribution in [-0.2, 0) is 16.6 Å². The fourth-order valence-electron chi connectivity index (χ4n) is 4.04. The molecule has 33 heavy (non-hydrogen) atoms. The van der Waals surface area contributed by atoms with Gasteiger partial charge < -0.3 is 10.1 Å². The summed E-state index contributed by atoms with van der Waals surface area (Å²) in [5, 5.41) is 2.80. The van der Waals surface area contributed by atoms with E-state index in [1.165, 1.54) is 29.6 Å². The Morgan fingerprint density at radius 3 is 2.58 bits per heavy atom. The third-order valence-corrected chi connectivity index (χ3v) is 8.87. The van der Waals surface area contributed by atoms with E-state index in [0.717, 1.165) is 34.4 Å². The third-order valence-electron chi connectivity index (χ3n) is 6.04. The highest BCUT2D eigenvalue weighted by Gasteiger charge is 2.29. The van der Waals surface area contributed by atoms with E-state index in [1.807, 2.05) is 6.92 Å². The molecule has 0 saturated carbocycles. The van der Waals surface area contributed by atoms with Crippen molar-refractivity contribution in [2.24, 2.45) is 5.92 Å². The molecule has 3 aromatic rings. The van der Waals surface area contributed by atoms with Crippen molar-refractivity contribution in [2.45, 2.75) is 38.1 Å². The Balaban J connectivity index is 1.63. The third kappa shape index (κ3) is 4.55. The zero-order chi connectivity index (χ0) is 23.8. The van der Waals surface area contributed by atoms with E-state index in [-0.39, 0.29) is 21.1 Å². The van der Waals surface area contributed by atoms with Gasteiger partial charge in [-0.25, -0.2) is 8.42 Å². The van der Waals surface area contributed by atoms with Crippen LogP contribution < -0.4 is 14.9 Å². The number of rotatable bonds is 6. The highest BCUT2D eigenvalue weighted by Crippen LogP contribution is 2.29. The Kier molecular flexibility index (Phi) is 6.60. The van der Waals surface area contributed by atoms with Gasteiger partial charge in [-0.15, -0.1) is 0 Å². The van der Waals surface area contributed by atoms with Gasteiger partial charge in [0.05, 0.1) is 27.8 Å². The second kappa shape index (κ2) is 9.28. The first-order chi connectivity index (χ1) is 15.7. The van der Waals surface area contributed by atoms with Crippen LogP contribution in [0.25, 0.3) is 10.2 Å². The van der Waals surface area contributed by atoms with Crippen molar-refractivity contribution in [3.05, 3.63) is 51.6 Å². The van der Waals surface area contributed by atoms with Gasteiger partial charge in [-0.3, -0.25) is 14.2 Å². The van der Waals surface area contributed by atoms with Crippen molar-refractivity contribution in [3.63, 3.8) is 0 Å². The second-order valence-corrected chi connectivity index (χ2v) is 11.1. The van der Waals surface area contributed by atoms with E-state index in [9.17, 15) is 18.0 Å². The summed E-state index contributed by atoms with van der Waals surface area (Å²) in [6.07, 6.45) is 1.63. The number of methoxy groups -OCH3 is 1. The number of hydrogen-bond donors (Lipinski definition) is 1. The first-order valence-corrected chi connectivity index (χ1v) is 13.1. The summed E-state index contributed by atoms with van der Waals surface area (Å²) >= 11 is 1.12. The fraction of sp³-hybridized carbons (Fsp3) is 0.391. The highest BCUT2D eigenvalue weighted by atomic mass is 32.2. The van der Waals surface area contributed by atoms with Crippen molar-refractivity contribution in [3.8, 4) is 5.75 Å². The van der Waals surface area contributed by atoms with E-state index in [1.54, 1.807) is 22.8 Å². The number of hydrogen-bond acceptors (Lipinski definition) is 6. The van der Waals surface area contributed by atoms with Gasteiger partial charge in [0.25, 0.3) is 5.91 Å². The number of carbonyl (C=O) groups is 1. The molecule has 0 spiro atoms. The average Bonchev–Trinajstić information content (AvgIpc) is 3.12. The molecule has 2 aromatic carbocycles. The number of thiazole rings is 1. The molecular weight excluding hydrogens is 462 g/mol. The minimum Gasteiger partial charge on any atom is -0.496 e. The van der Waals surface area contributed by atoms with E-state index in [4.69, 9.17) is 4.74 Å². The van der Waals surface area contributed by atoms with Crippen molar-refractivity contribution in [1.29, 1.82) is 0 Å². The van der Waals surface area contributed by atoms with E-state index >= 15 is 0 Å². The fourth-order valence-corrected chi connectivity index (χ4v) is 6.53. The summed E-state index contributed by atoms with van der Waals surface area (Å²) < 4.78 is 35.6. The van der Waals surface area contributed by atoms with Gasteiger partial charge >= 0.3 is 4.87 Å². The molecule has 1 aliphatic heterocycles. The molecule has 0 atom stereocenters. The zero-order valence-electron chi connectivity index (χ0n) is 18.8. The van der Waals surface area contributed by atoms with Crippen LogP contribution in [0.1, 0.15) is 37.0 Å². The van der Waals surface area contributed by atoms with Crippen molar-refractivity contribution in [2.75, 3.05) is 25.5 Å². The zero-order valence-corrected chi connectivity index (χ0v) is 20.5. The van der Waals surface area contributed by atoms with E-state index < -0.39 is 15.9 Å². The smallest absolute Gasteiger partial charge is 0.308 e. The van der Waals surface area contributed by atoms with Crippen molar-refractivity contribution >= 4 is 43.2 Å². The van der Waals surface area contributed by atoms with Gasteiger partial charge in [-0.2, -0.15) is 4.31 Å². The van der Waals surface area contributed by atoms with Gasteiger partial charge in [0, 0.05) is 25.3 Å². The number of anilines is 1. The molecule has 1 saturated heterocycles. The SMILES string of the molecule is CCn1c(=O)sc2cc(NC(=O)c3cc(S(=O)(=O)N4CCC(C)CC4)ccc3OC)ccc21. The maximum absolute atomic E-state index is 13.2. The minimum absolute atomic E-state index is 0.0531. The number of piperidine rings is 1. The maximum atomic E-state index is 13.2. The lowest BCUT2D eigenvalue weighted by Crippen LogP contribution is -2.37. The Morgan fingerprint density at radius 2 is 1.91 bits per heavy atom. The lowest BCUT2D eigenvalue weighted by molar-refractivity contribution is 0.102. The van der Waals surface area contributed by atoms with Crippen LogP contribution in [0.2, 0.25) is 0 Å². The highest BCUT2D eigenvalue weighted by molar-refractivity contribution is 7.89. The van der Waals surface area contributed by atoms with Crippen molar-refractivity contribution < 1.29 is 17.9 Å². The van der Waals surface area contributed by atoms with Crippen LogP contribution in [0, 0.1) is 5.92 Å². The second-order valence-electron chi connectivity index (χ2n) is 8.20. The molecule has 0 aliphatic carbocycles. The molecular formula is C23H27N3O5S2. The predicted octanol–water partition coefficient (Wildman–Crippen LogP) is 3.76. The Labute approximate surface area is 196 Å². The topological polar surface area (TPSA) is 97.7 Å². The summed E-state index contributed by atoms with van der Waals surface area (Å²) in [5.74, 6) is 0.290. The standard InChI is InChI=1S/C23H27N3O5S2/c1-4-26-19-7-5-16(13-21(19)32-23(26)28)24-22(27)18-14-17(6-8-20(18)31-3)33(29,30)25-11-9-15(2)10-12-25/h5-8,13-15H,4,9-12H2,1-3H3,(H,24,27). The quantitative estimate of drug-likeness (QED) is 0.569. The van der Waals surface area contributed by atoms with Gasteiger partial charge in [0.1, 0.15) is 5.75 Å². The molecule has 10 heteroatoms. The molecule has 1 N–H and O–H groups in total. The number of carbonyl (C=O) groups excluding carboxylic acids is 1. The molecule has 2 heterocycles. The number of ether oxygens (including phenoxy) is 1. The molecule has 1 amide bonds. The Bertz CT molecular complexity index is 1350. The van der Waals surface area contributed by atoms with Gasteiger partial charge in [0.15, 0.2) is 0 Å². The van der Waals surface area contributed by atoms with Gasteiger partial charge in [-0.05, 0) is 62.1 Å². The molecule has 0 bridgehead atoms. The van der Waals surface area contributed by atoms with Crippen LogP contribution in [0.4, 0.5) is 5.69 Å². The lowest BCUT2D eigenvalue weighted by Gasteiger charge is -2.29. The molecule has 1 aromatic heterocycles. The molecule has 1 aliphatic rings. The molecule has 0 radical (unpaired) electrons. The largest absolute Gasteiger partial charge is 0.496 e. The summed E-state index contributed by atoms with van der Waals surface area (Å²) in [5.41, 5.74) is 1.45. The summed E-state index contributed by atoms with van der Waals surface area (Å²) in [7, 11) is -2.28. The van der Waals surface area contributed by atoms with Gasteiger partial charge in [-0.1, -0.05) is 18.3 Å². The molecule has 1 fully saturated rings. The van der Waals surface area contributed by atoms with Crippen LogP contribution in [0.15, 0.2) is 46.1 Å². The number of amides is 1. The summed E-state index contributed by atoms with van der Waals surface area (Å²) in [4.78, 5) is 25.2. The van der Waals surface area contributed by atoms with Crippen molar-refractivity contribution in [1.82, 2.24) is 8.87 Å². The first kappa shape index (κ1) is 23.5. The lowest BCUT2D eigenvalue weighted by atomic mass is 10.0. The normalized spacial score (nSPS) is 15.6. The summed E-state index contributed by atoms with van der Waals surface area (Å²) in [6, 6.07) is 9.60. The van der Waals surface area contributed by atoms with E-state index in [0.29, 0.717) is 31.2 Å². The summed E-state index contributed by atoms with van der Waals surface area (Å²) in [6.45, 7) is 5.53.